The minimum absolute atomic E-state index is 0. The van der Waals surface area contributed by atoms with E-state index < -0.39 is 0 Å². The second-order valence-electron chi connectivity index (χ2n) is 2.51. The zero-order valence-electron chi connectivity index (χ0n) is 7.49. The molecule has 13 heavy (non-hydrogen) atoms. The molecule has 1 aromatic heterocycles. The van der Waals surface area contributed by atoms with Gasteiger partial charge in [0.15, 0.2) is 0 Å². The molecule has 2 radical (unpaired) electrons. The first-order chi connectivity index (χ1) is 5.70. The zero-order chi connectivity index (χ0) is 9.14. The molecule has 0 saturated carbocycles. The van der Waals surface area contributed by atoms with Gasteiger partial charge in [0, 0.05) is 17.3 Å². The van der Waals surface area contributed by atoms with Crippen molar-refractivity contribution >= 4 is 27.3 Å². The number of rotatable bonds is 2. The molecular formula is C8H13NO3Pb. The molecule has 1 rings (SSSR count). The van der Waals surface area contributed by atoms with Crippen molar-refractivity contribution in [3.05, 3.63) is 23.0 Å². The number of aliphatic hydroxyl groups is 2. The monoisotopic (exact) mass is 379 g/mol. The SMILES string of the molecule is Cc1ncc(CO)c(CO)c1O.[PbH2]. The number of nitrogens with zero attached hydrogens (tertiary/aromatic N) is 1. The van der Waals surface area contributed by atoms with E-state index in [1.165, 1.54) is 6.20 Å². The van der Waals surface area contributed by atoms with Gasteiger partial charge in [-0.15, -0.1) is 0 Å². The minimum atomic E-state index is -0.287. The average molecular weight is 378 g/mol. The Morgan fingerprint density at radius 1 is 1.31 bits per heavy atom. The van der Waals surface area contributed by atoms with Gasteiger partial charge in [0.25, 0.3) is 0 Å². The van der Waals surface area contributed by atoms with Crippen molar-refractivity contribution in [1.82, 2.24) is 4.98 Å². The summed E-state index contributed by atoms with van der Waals surface area (Å²) in [6.07, 6.45) is 1.45. The third-order valence-corrected chi connectivity index (χ3v) is 1.76. The van der Waals surface area contributed by atoms with Crippen LogP contribution in [0, 0.1) is 6.92 Å². The van der Waals surface area contributed by atoms with Crippen molar-refractivity contribution in [2.45, 2.75) is 20.1 Å². The molecule has 1 aromatic rings. The second-order valence-corrected chi connectivity index (χ2v) is 2.51. The standard InChI is InChI=1S/C8H11NO3.Pb.2H/c1-5-8(12)7(4-11)6(3-10)2-9-5;;;/h2,10-12H,3-4H2,1H3;;;. The maximum atomic E-state index is 9.38. The summed E-state index contributed by atoms with van der Waals surface area (Å²) in [4.78, 5) is 3.84. The van der Waals surface area contributed by atoms with Crippen LogP contribution in [-0.4, -0.2) is 47.6 Å². The first kappa shape index (κ1) is 12.8. The molecule has 4 nitrogen and oxygen atoms in total. The first-order valence-electron chi connectivity index (χ1n) is 3.58. The fourth-order valence-electron chi connectivity index (χ4n) is 0.997. The Kier molecular flexibility index (Phi) is 5.42. The molecule has 3 N–H and O–H groups in total. The van der Waals surface area contributed by atoms with Crippen LogP contribution in [0.25, 0.3) is 0 Å². The Hall–Kier alpha value is -0.208. The van der Waals surface area contributed by atoms with Crippen LogP contribution >= 0.6 is 0 Å². The van der Waals surface area contributed by atoms with Gasteiger partial charge in [0.1, 0.15) is 5.75 Å². The average Bonchev–Trinajstić information content (AvgIpc) is 2.09. The molecule has 0 atom stereocenters. The van der Waals surface area contributed by atoms with Gasteiger partial charge in [-0.3, -0.25) is 4.98 Å². The number of hydrogen-bond donors (Lipinski definition) is 3. The summed E-state index contributed by atoms with van der Waals surface area (Å²) >= 11 is 0. The Balaban J connectivity index is 0.00000144. The van der Waals surface area contributed by atoms with E-state index >= 15 is 0 Å². The Morgan fingerprint density at radius 2 is 1.92 bits per heavy atom. The van der Waals surface area contributed by atoms with Crippen molar-refractivity contribution in [1.29, 1.82) is 0 Å². The zero-order valence-corrected chi connectivity index (χ0v) is 13.0. The van der Waals surface area contributed by atoms with Gasteiger partial charge in [0.2, 0.25) is 0 Å². The molecule has 0 amide bonds. The van der Waals surface area contributed by atoms with Crippen molar-refractivity contribution in [3.8, 4) is 5.75 Å². The molecule has 0 spiro atoms. The Morgan fingerprint density at radius 3 is 2.38 bits per heavy atom. The normalized spacial score (nSPS) is 9.46. The molecule has 1 heterocycles. The van der Waals surface area contributed by atoms with Crippen LogP contribution in [0.1, 0.15) is 16.8 Å². The second kappa shape index (κ2) is 5.51. The molecule has 72 valence electrons. The van der Waals surface area contributed by atoms with Crippen LogP contribution in [-0.2, 0) is 13.2 Å². The summed E-state index contributed by atoms with van der Waals surface area (Å²) in [6.45, 7) is 1.12. The van der Waals surface area contributed by atoms with Crippen LogP contribution in [0.15, 0.2) is 6.20 Å². The summed E-state index contributed by atoms with van der Waals surface area (Å²) < 4.78 is 0. The fourth-order valence-corrected chi connectivity index (χ4v) is 0.997. The van der Waals surface area contributed by atoms with Crippen molar-refractivity contribution in [2.75, 3.05) is 0 Å². The maximum absolute atomic E-state index is 9.38. The van der Waals surface area contributed by atoms with E-state index in [9.17, 15) is 5.11 Å². The summed E-state index contributed by atoms with van der Waals surface area (Å²) in [5, 5.41) is 27.0. The molecule has 5 heteroatoms. The van der Waals surface area contributed by atoms with Crippen molar-refractivity contribution in [3.63, 3.8) is 0 Å². The molecule has 0 aliphatic rings. The van der Waals surface area contributed by atoms with Gasteiger partial charge >= 0.3 is 27.3 Å². The van der Waals surface area contributed by atoms with E-state index in [2.05, 4.69) is 4.98 Å². The van der Waals surface area contributed by atoms with Crippen LogP contribution in [0.5, 0.6) is 5.75 Å². The predicted octanol–water partition coefficient (Wildman–Crippen LogP) is -0.836. The number of pyridine rings is 1. The van der Waals surface area contributed by atoms with E-state index in [4.69, 9.17) is 10.2 Å². The Bertz CT molecular complexity index is 291. The molecule has 0 saturated heterocycles. The van der Waals surface area contributed by atoms with E-state index in [1.54, 1.807) is 6.92 Å². The van der Waals surface area contributed by atoms with Crippen LogP contribution < -0.4 is 0 Å². The number of aryl methyl sites for hydroxylation is 1. The van der Waals surface area contributed by atoms with Gasteiger partial charge < -0.3 is 15.3 Å². The third kappa shape index (κ3) is 2.62. The predicted molar refractivity (Wildman–Crippen MR) is 51.0 cm³/mol. The number of hydrogen-bond acceptors (Lipinski definition) is 4. The van der Waals surface area contributed by atoms with E-state index in [0.717, 1.165) is 0 Å². The third-order valence-electron chi connectivity index (χ3n) is 1.76. The molecule has 0 unspecified atom stereocenters. The molecule has 0 aliphatic heterocycles. The van der Waals surface area contributed by atoms with Gasteiger partial charge in [-0.1, -0.05) is 0 Å². The number of aromatic hydroxyl groups is 1. The molecule has 0 fully saturated rings. The molecule has 0 bridgehead atoms. The van der Waals surface area contributed by atoms with Crippen molar-refractivity contribution in [2.24, 2.45) is 0 Å². The van der Waals surface area contributed by atoms with E-state index in [0.29, 0.717) is 16.8 Å². The summed E-state index contributed by atoms with van der Waals surface area (Å²) in [6, 6.07) is 0. The van der Waals surface area contributed by atoms with Gasteiger partial charge in [-0.2, -0.15) is 0 Å². The molecular weight excluding hydrogens is 365 g/mol. The summed E-state index contributed by atoms with van der Waals surface area (Å²) in [7, 11) is 0. The van der Waals surface area contributed by atoms with Crippen LogP contribution in [0.2, 0.25) is 0 Å². The summed E-state index contributed by atoms with van der Waals surface area (Å²) in [5.74, 6) is -0.0379. The first-order valence-corrected chi connectivity index (χ1v) is 3.58. The van der Waals surface area contributed by atoms with Crippen LogP contribution in [0.4, 0.5) is 0 Å². The van der Waals surface area contributed by atoms with E-state index in [-0.39, 0.29) is 46.3 Å². The van der Waals surface area contributed by atoms with E-state index in [1.807, 2.05) is 0 Å². The van der Waals surface area contributed by atoms with Crippen LogP contribution in [0.3, 0.4) is 0 Å². The molecule has 0 aliphatic carbocycles. The quantitative estimate of drug-likeness (QED) is 0.587. The van der Waals surface area contributed by atoms with Gasteiger partial charge in [-0.25, -0.2) is 0 Å². The number of aromatic nitrogens is 1. The Labute approximate surface area is 96.4 Å². The topological polar surface area (TPSA) is 73.6 Å². The summed E-state index contributed by atoms with van der Waals surface area (Å²) in [5.41, 5.74) is 1.27. The number of aliphatic hydroxyl groups excluding tert-OH is 2. The fraction of sp³-hybridized carbons (Fsp3) is 0.375. The van der Waals surface area contributed by atoms with Gasteiger partial charge in [-0.05, 0) is 6.92 Å². The van der Waals surface area contributed by atoms with Crippen molar-refractivity contribution < 1.29 is 15.3 Å². The molecule has 0 aromatic carbocycles. The van der Waals surface area contributed by atoms with Gasteiger partial charge in [0.05, 0.1) is 18.9 Å².